The van der Waals surface area contributed by atoms with Crippen molar-refractivity contribution in [2.45, 2.75) is 31.6 Å². The molecule has 0 amide bonds. The summed E-state index contributed by atoms with van der Waals surface area (Å²) in [6.07, 6.45) is -1.29. The average molecular weight is 220 g/mol. The normalized spacial score (nSPS) is 22.2. The van der Waals surface area contributed by atoms with Crippen LogP contribution in [0, 0.1) is 0 Å². The zero-order chi connectivity index (χ0) is 10.9. The molecule has 7 heteroatoms. The molecule has 1 N–H and O–H groups in total. The van der Waals surface area contributed by atoms with E-state index in [9.17, 15) is 13.2 Å². The first-order chi connectivity index (χ1) is 7.05. The van der Waals surface area contributed by atoms with E-state index in [0.29, 0.717) is 6.54 Å². The molecule has 15 heavy (non-hydrogen) atoms. The van der Waals surface area contributed by atoms with E-state index >= 15 is 0 Å². The molecule has 2 heterocycles. The van der Waals surface area contributed by atoms with E-state index in [1.54, 1.807) is 0 Å². The van der Waals surface area contributed by atoms with Crippen LogP contribution in [0.1, 0.15) is 18.7 Å². The SMILES string of the molecule is FC(F)(F)c1ncn(CC2CCCN2)n1. The minimum absolute atomic E-state index is 0.216. The smallest absolute Gasteiger partial charge is 0.312 e. The highest BCUT2D eigenvalue weighted by atomic mass is 19.4. The first kappa shape index (κ1) is 10.4. The lowest BCUT2D eigenvalue weighted by atomic mass is 10.2. The van der Waals surface area contributed by atoms with Gasteiger partial charge in [-0.2, -0.15) is 13.2 Å². The highest BCUT2D eigenvalue weighted by Crippen LogP contribution is 2.25. The summed E-state index contributed by atoms with van der Waals surface area (Å²) in [4.78, 5) is 3.23. The highest BCUT2D eigenvalue weighted by molar-refractivity contribution is 4.88. The third kappa shape index (κ3) is 2.47. The van der Waals surface area contributed by atoms with Crippen LogP contribution in [0.15, 0.2) is 6.33 Å². The summed E-state index contributed by atoms with van der Waals surface area (Å²) in [6.45, 7) is 1.37. The Morgan fingerprint density at radius 1 is 1.53 bits per heavy atom. The molecule has 0 radical (unpaired) electrons. The first-order valence-electron chi connectivity index (χ1n) is 4.76. The monoisotopic (exact) mass is 220 g/mol. The molecule has 1 aliphatic heterocycles. The van der Waals surface area contributed by atoms with Crippen molar-refractivity contribution in [3.63, 3.8) is 0 Å². The quantitative estimate of drug-likeness (QED) is 0.810. The predicted molar refractivity (Wildman–Crippen MR) is 46.0 cm³/mol. The molecular weight excluding hydrogens is 209 g/mol. The van der Waals surface area contributed by atoms with Crippen LogP contribution in [-0.4, -0.2) is 27.4 Å². The van der Waals surface area contributed by atoms with Gasteiger partial charge in [-0.05, 0) is 19.4 Å². The number of rotatable bonds is 2. The number of nitrogens with one attached hydrogen (secondary N) is 1. The van der Waals surface area contributed by atoms with Crippen molar-refractivity contribution in [3.8, 4) is 0 Å². The fourth-order valence-electron chi connectivity index (χ4n) is 1.65. The molecule has 0 bridgehead atoms. The largest absolute Gasteiger partial charge is 0.453 e. The van der Waals surface area contributed by atoms with E-state index in [1.807, 2.05) is 0 Å². The summed E-state index contributed by atoms with van der Waals surface area (Å²) in [5.41, 5.74) is 0. The second kappa shape index (κ2) is 3.80. The van der Waals surface area contributed by atoms with Crippen LogP contribution in [0.25, 0.3) is 0 Å². The summed E-state index contributed by atoms with van der Waals surface area (Å²) in [5, 5.41) is 6.57. The number of nitrogens with zero attached hydrogens (tertiary/aromatic N) is 3. The molecule has 0 saturated carbocycles. The summed E-state index contributed by atoms with van der Waals surface area (Å²) in [5.74, 6) is -1.07. The van der Waals surface area contributed by atoms with Crippen LogP contribution in [0.2, 0.25) is 0 Å². The van der Waals surface area contributed by atoms with Crippen molar-refractivity contribution < 1.29 is 13.2 Å². The Kier molecular flexibility index (Phi) is 2.64. The lowest BCUT2D eigenvalue weighted by Crippen LogP contribution is -2.27. The van der Waals surface area contributed by atoms with Gasteiger partial charge in [0.2, 0.25) is 0 Å². The topological polar surface area (TPSA) is 42.7 Å². The van der Waals surface area contributed by atoms with Gasteiger partial charge in [0.25, 0.3) is 5.82 Å². The van der Waals surface area contributed by atoms with Gasteiger partial charge in [0.15, 0.2) is 0 Å². The van der Waals surface area contributed by atoms with Gasteiger partial charge in [0.05, 0.1) is 6.54 Å². The maximum absolute atomic E-state index is 12.2. The van der Waals surface area contributed by atoms with E-state index < -0.39 is 12.0 Å². The summed E-state index contributed by atoms with van der Waals surface area (Å²) in [6, 6.07) is 0.216. The van der Waals surface area contributed by atoms with Crippen molar-refractivity contribution in [1.82, 2.24) is 20.1 Å². The average Bonchev–Trinajstić information content (AvgIpc) is 2.73. The molecule has 2 rings (SSSR count). The molecule has 1 aliphatic rings. The molecule has 1 saturated heterocycles. The van der Waals surface area contributed by atoms with Gasteiger partial charge in [0.1, 0.15) is 6.33 Å². The van der Waals surface area contributed by atoms with E-state index in [0.717, 1.165) is 25.7 Å². The van der Waals surface area contributed by atoms with Crippen molar-refractivity contribution in [3.05, 3.63) is 12.2 Å². The number of aromatic nitrogens is 3. The fraction of sp³-hybridized carbons (Fsp3) is 0.750. The number of hydrogen-bond donors (Lipinski definition) is 1. The fourth-order valence-corrected chi connectivity index (χ4v) is 1.65. The van der Waals surface area contributed by atoms with Gasteiger partial charge < -0.3 is 5.32 Å². The van der Waals surface area contributed by atoms with Gasteiger partial charge in [-0.3, -0.25) is 4.68 Å². The molecule has 1 unspecified atom stereocenters. The van der Waals surface area contributed by atoms with Gasteiger partial charge >= 0.3 is 6.18 Å². The highest BCUT2D eigenvalue weighted by Gasteiger charge is 2.35. The van der Waals surface area contributed by atoms with Gasteiger partial charge in [-0.1, -0.05) is 0 Å². The van der Waals surface area contributed by atoms with E-state index in [2.05, 4.69) is 15.4 Å². The van der Waals surface area contributed by atoms with Gasteiger partial charge in [-0.25, -0.2) is 4.98 Å². The zero-order valence-corrected chi connectivity index (χ0v) is 7.96. The van der Waals surface area contributed by atoms with Crippen molar-refractivity contribution in [2.75, 3.05) is 6.54 Å². The summed E-state index contributed by atoms with van der Waals surface area (Å²) >= 11 is 0. The Balaban J connectivity index is 2.00. The van der Waals surface area contributed by atoms with E-state index in [-0.39, 0.29) is 6.04 Å². The molecular formula is C8H11F3N4. The first-order valence-corrected chi connectivity index (χ1v) is 4.76. The number of halogens is 3. The Morgan fingerprint density at radius 3 is 2.87 bits per heavy atom. The van der Waals surface area contributed by atoms with Crippen LogP contribution >= 0.6 is 0 Å². The second-order valence-electron chi connectivity index (χ2n) is 3.58. The van der Waals surface area contributed by atoms with Gasteiger partial charge in [-0.15, -0.1) is 5.10 Å². The summed E-state index contributed by atoms with van der Waals surface area (Å²) < 4.78 is 37.7. The second-order valence-corrected chi connectivity index (χ2v) is 3.58. The molecule has 0 aliphatic carbocycles. The maximum atomic E-state index is 12.2. The van der Waals surface area contributed by atoms with Crippen molar-refractivity contribution >= 4 is 0 Å². The lowest BCUT2D eigenvalue weighted by molar-refractivity contribution is -0.145. The van der Waals surface area contributed by atoms with Crippen LogP contribution in [-0.2, 0) is 12.7 Å². The molecule has 1 aromatic heterocycles. The third-order valence-corrected chi connectivity index (χ3v) is 2.36. The Bertz CT molecular complexity index is 327. The molecule has 1 atom stereocenters. The van der Waals surface area contributed by atoms with Crippen LogP contribution < -0.4 is 5.32 Å². The number of hydrogen-bond acceptors (Lipinski definition) is 3. The van der Waals surface area contributed by atoms with Crippen molar-refractivity contribution in [1.29, 1.82) is 0 Å². The number of alkyl halides is 3. The summed E-state index contributed by atoms with van der Waals surface area (Å²) in [7, 11) is 0. The molecule has 84 valence electrons. The minimum Gasteiger partial charge on any atom is -0.312 e. The third-order valence-electron chi connectivity index (χ3n) is 2.36. The minimum atomic E-state index is -4.45. The van der Waals surface area contributed by atoms with Gasteiger partial charge in [0, 0.05) is 6.04 Å². The van der Waals surface area contributed by atoms with Crippen LogP contribution in [0.3, 0.4) is 0 Å². The standard InChI is InChI=1S/C8H11F3N4/c9-8(10,11)7-13-5-15(14-7)4-6-2-1-3-12-6/h5-6,12H,1-4H2. The zero-order valence-electron chi connectivity index (χ0n) is 7.96. The Hall–Kier alpha value is -1.11. The van der Waals surface area contributed by atoms with E-state index in [1.165, 1.54) is 4.68 Å². The Labute approximate surface area is 84.5 Å². The molecule has 1 fully saturated rings. The van der Waals surface area contributed by atoms with Crippen LogP contribution in [0.4, 0.5) is 13.2 Å². The lowest BCUT2D eigenvalue weighted by Gasteiger charge is -2.08. The molecule has 0 spiro atoms. The molecule has 1 aromatic rings. The molecule has 4 nitrogen and oxygen atoms in total. The maximum Gasteiger partial charge on any atom is 0.453 e. The molecule has 0 aromatic carbocycles. The Morgan fingerprint density at radius 2 is 2.33 bits per heavy atom. The van der Waals surface area contributed by atoms with E-state index in [4.69, 9.17) is 0 Å². The predicted octanol–water partition coefficient (Wildman–Crippen LogP) is 1.05. The van der Waals surface area contributed by atoms with Crippen molar-refractivity contribution in [2.24, 2.45) is 0 Å². The van der Waals surface area contributed by atoms with Crippen LogP contribution in [0.5, 0.6) is 0 Å².